The van der Waals surface area contributed by atoms with Gasteiger partial charge in [0.1, 0.15) is 4.47 Å². The summed E-state index contributed by atoms with van der Waals surface area (Å²) in [5, 5.41) is 22.2. The Bertz CT molecular complexity index is 564. The maximum Gasteiger partial charge on any atom is 0.284 e. The molecule has 1 aromatic carbocycles. The van der Waals surface area contributed by atoms with Crippen molar-refractivity contribution in [2.45, 2.75) is 13.8 Å². The first-order valence-electron chi connectivity index (χ1n) is 5.41. The molecule has 100 valence electrons. The highest BCUT2D eigenvalue weighted by Crippen LogP contribution is 2.28. The molecule has 6 nitrogen and oxygen atoms in total. The molecule has 0 aromatic heterocycles. The molecule has 1 rings (SSSR count). The summed E-state index contributed by atoms with van der Waals surface area (Å²) in [7, 11) is 0. The molecule has 0 aliphatic heterocycles. The molecule has 0 radical (unpaired) electrons. The number of hydrogen-bond donors (Lipinski definition) is 1. The van der Waals surface area contributed by atoms with Crippen LogP contribution in [0.3, 0.4) is 0 Å². The molecule has 0 spiro atoms. The van der Waals surface area contributed by atoms with Gasteiger partial charge in [-0.25, -0.2) is 0 Å². The number of nitro benzene ring substituents is 1. The molecule has 1 aromatic rings. The molecule has 0 fully saturated rings. The number of amides is 1. The highest BCUT2D eigenvalue weighted by atomic mass is 79.9. The van der Waals surface area contributed by atoms with Crippen molar-refractivity contribution < 1.29 is 9.72 Å². The molecule has 7 heteroatoms. The first-order valence-corrected chi connectivity index (χ1v) is 6.20. The lowest BCUT2D eigenvalue weighted by atomic mass is 9.96. The molecule has 0 unspecified atom stereocenters. The van der Waals surface area contributed by atoms with E-state index in [1.165, 1.54) is 18.2 Å². The smallest absolute Gasteiger partial charge is 0.284 e. The monoisotopic (exact) mass is 325 g/mol. The number of carbonyl (C=O) groups is 1. The Hall–Kier alpha value is -1.94. The summed E-state index contributed by atoms with van der Waals surface area (Å²) in [5.74, 6) is -0.459. The number of nitrogens with one attached hydrogen (secondary N) is 1. The Kier molecular flexibility index (Phi) is 4.62. The molecule has 0 bridgehead atoms. The molecule has 0 saturated carbocycles. The fourth-order valence-corrected chi connectivity index (χ4v) is 1.86. The van der Waals surface area contributed by atoms with E-state index in [2.05, 4.69) is 27.3 Å². The molecule has 0 saturated heterocycles. The summed E-state index contributed by atoms with van der Waals surface area (Å²) >= 11 is 3.05. The molecule has 0 heterocycles. The highest BCUT2D eigenvalue weighted by Gasteiger charge is 2.22. The van der Waals surface area contributed by atoms with Gasteiger partial charge in [-0.15, -0.1) is 0 Å². The van der Waals surface area contributed by atoms with Crippen molar-refractivity contribution in [2.24, 2.45) is 5.41 Å². The standard InChI is InChI=1S/C12H12BrN3O3/c1-12(2,6-14)7-15-11(17)8-4-3-5-9(10(8)13)16(18)19/h3-5H,7H2,1-2H3,(H,15,17). The van der Waals surface area contributed by atoms with E-state index in [0.29, 0.717) is 0 Å². The van der Waals surface area contributed by atoms with Gasteiger partial charge in [-0.2, -0.15) is 5.26 Å². The van der Waals surface area contributed by atoms with Gasteiger partial charge in [-0.05, 0) is 35.8 Å². The maximum absolute atomic E-state index is 11.9. The minimum absolute atomic E-state index is 0.132. The number of rotatable bonds is 4. The first-order chi connectivity index (χ1) is 8.78. The van der Waals surface area contributed by atoms with Crippen molar-refractivity contribution in [1.29, 1.82) is 5.26 Å². The summed E-state index contributed by atoms with van der Waals surface area (Å²) in [6.45, 7) is 3.54. The minimum Gasteiger partial charge on any atom is -0.350 e. The third-order valence-electron chi connectivity index (χ3n) is 2.41. The number of nitrogens with zero attached hydrogens (tertiary/aromatic N) is 2. The van der Waals surface area contributed by atoms with E-state index in [9.17, 15) is 14.9 Å². The van der Waals surface area contributed by atoms with Crippen LogP contribution in [0.15, 0.2) is 22.7 Å². The van der Waals surface area contributed by atoms with E-state index in [-0.39, 0.29) is 22.3 Å². The number of halogens is 1. The van der Waals surface area contributed by atoms with E-state index in [1.54, 1.807) is 13.8 Å². The van der Waals surface area contributed by atoms with Gasteiger partial charge in [-0.1, -0.05) is 6.07 Å². The van der Waals surface area contributed by atoms with Gasteiger partial charge in [0, 0.05) is 12.6 Å². The minimum atomic E-state index is -0.692. The van der Waals surface area contributed by atoms with Crippen LogP contribution in [0.4, 0.5) is 5.69 Å². The van der Waals surface area contributed by atoms with Gasteiger partial charge in [0.05, 0.1) is 22.0 Å². The van der Waals surface area contributed by atoms with Gasteiger partial charge in [0.15, 0.2) is 0 Å². The van der Waals surface area contributed by atoms with Crippen molar-refractivity contribution in [3.63, 3.8) is 0 Å². The average Bonchev–Trinajstić information content (AvgIpc) is 2.36. The lowest BCUT2D eigenvalue weighted by Gasteiger charge is -2.16. The van der Waals surface area contributed by atoms with Crippen LogP contribution in [-0.4, -0.2) is 17.4 Å². The molecular weight excluding hydrogens is 314 g/mol. The normalized spacial score (nSPS) is 10.6. The number of hydrogen-bond acceptors (Lipinski definition) is 4. The second-order valence-electron chi connectivity index (χ2n) is 4.57. The fraction of sp³-hybridized carbons (Fsp3) is 0.333. The SMILES string of the molecule is CC(C)(C#N)CNC(=O)c1cccc([N+](=O)[O-])c1Br. The molecule has 0 aliphatic carbocycles. The van der Waals surface area contributed by atoms with E-state index in [4.69, 9.17) is 5.26 Å². The summed E-state index contributed by atoms with van der Waals surface area (Å²) in [6, 6.07) is 6.28. The van der Waals surface area contributed by atoms with E-state index in [1.807, 2.05) is 0 Å². The summed E-state index contributed by atoms with van der Waals surface area (Å²) in [5.41, 5.74) is -0.696. The Labute approximate surface area is 118 Å². The quantitative estimate of drug-likeness (QED) is 0.679. The molecule has 19 heavy (non-hydrogen) atoms. The van der Waals surface area contributed by atoms with Gasteiger partial charge >= 0.3 is 0 Å². The molecule has 1 N–H and O–H groups in total. The Morgan fingerprint density at radius 1 is 1.58 bits per heavy atom. The fourth-order valence-electron chi connectivity index (χ4n) is 1.27. The van der Waals surface area contributed by atoms with Crippen LogP contribution in [0, 0.1) is 26.9 Å². The highest BCUT2D eigenvalue weighted by molar-refractivity contribution is 9.10. The number of carbonyl (C=O) groups excluding carboxylic acids is 1. The van der Waals surface area contributed by atoms with Crippen molar-refractivity contribution in [3.8, 4) is 6.07 Å². The molecule has 1 amide bonds. The van der Waals surface area contributed by atoms with Gasteiger partial charge in [0.25, 0.3) is 11.6 Å². The van der Waals surface area contributed by atoms with Crippen LogP contribution in [0.2, 0.25) is 0 Å². The Balaban J connectivity index is 2.93. The lowest BCUT2D eigenvalue weighted by Crippen LogP contribution is -2.33. The van der Waals surface area contributed by atoms with E-state index in [0.717, 1.165) is 0 Å². The van der Waals surface area contributed by atoms with Crippen LogP contribution >= 0.6 is 15.9 Å². The first kappa shape index (κ1) is 15.1. The summed E-state index contributed by atoms with van der Waals surface area (Å²) in [6.07, 6.45) is 0. The second-order valence-corrected chi connectivity index (χ2v) is 5.37. The van der Waals surface area contributed by atoms with E-state index >= 15 is 0 Å². The van der Waals surface area contributed by atoms with Crippen molar-refractivity contribution in [2.75, 3.05) is 6.54 Å². The number of benzene rings is 1. The predicted octanol–water partition coefficient (Wildman–Crippen LogP) is 2.64. The zero-order valence-corrected chi connectivity index (χ0v) is 12.0. The van der Waals surface area contributed by atoms with Crippen molar-refractivity contribution in [3.05, 3.63) is 38.3 Å². The van der Waals surface area contributed by atoms with Gasteiger partial charge in [0.2, 0.25) is 0 Å². The predicted molar refractivity (Wildman–Crippen MR) is 72.5 cm³/mol. The third kappa shape index (κ3) is 3.76. The number of nitro groups is 1. The van der Waals surface area contributed by atoms with Crippen LogP contribution < -0.4 is 5.32 Å². The third-order valence-corrected chi connectivity index (χ3v) is 3.25. The van der Waals surface area contributed by atoms with Crippen LogP contribution in [0.5, 0.6) is 0 Å². The zero-order chi connectivity index (χ0) is 14.6. The topological polar surface area (TPSA) is 96.0 Å². The lowest BCUT2D eigenvalue weighted by molar-refractivity contribution is -0.385. The van der Waals surface area contributed by atoms with Crippen LogP contribution in [0.25, 0.3) is 0 Å². The molecule has 0 aliphatic rings. The summed E-state index contributed by atoms with van der Waals surface area (Å²) in [4.78, 5) is 22.1. The van der Waals surface area contributed by atoms with Gasteiger partial charge < -0.3 is 5.32 Å². The zero-order valence-electron chi connectivity index (χ0n) is 10.4. The number of nitriles is 1. The Morgan fingerprint density at radius 2 is 2.21 bits per heavy atom. The Morgan fingerprint density at radius 3 is 2.74 bits per heavy atom. The molecular formula is C12H12BrN3O3. The van der Waals surface area contributed by atoms with Crippen molar-refractivity contribution in [1.82, 2.24) is 5.32 Å². The average molecular weight is 326 g/mol. The summed E-state index contributed by atoms with van der Waals surface area (Å²) < 4.78 is 0.132. The van der Waals surface area contributed by atoms with Crippen molar-refractivity contribution >= 4 is 27.5 Å². The maximum atomic E-state index is 11.9. The molecule has 0 atom stereocenters. The van der Waals surface area contributed by atoms with Crippen LogP contribution in [-0.2, 0) is 0 Å². The van der Waals surface area contributed by atoms with Gasteiger partial charge in [-0.3, -0.25) is 14.9 Å². The van der Waals surface area contributed by atoms with E-state index < -0.39 is 16.2 Å². The largest absolute Gasteiger partial charge is 0.350 e. The van der Waals surface area contributed by atoms with Crippen LogP contribution in [0.1, 0.15) is 24.2 Å². The second kappa shape index (κ2) is 5.80.